The first-order valence-electron chi connectivity index (χ1n) is 8.55. The van der Waals surface area contributed by atoms with Crippen LogP contribution >= 0.6 is 0 Å². The molecule has 0 amide bonds. The zero-order valence-electron chi connectivity index (χ0n) is 13.3. The maximum atomic E-state index is 14.0. The average Bonchev–Trinajstić information content (AvgIpc) is 3.00. The van der Waals surface area contributed by atoms with Gasteiger partial charge in [0.15, 0.2) is 0 Å². The number of benzene rings is 1. The summed E-state index contributed by atoms with van der Waals surface area (Å²) in [5.74, 6) is 0.587. The maximum Gasteiger partial charge on any atom is 0.146 e. The number of rotatable bonds is 4. The third-order valence-corrected chi connectivity index (χ3v) is 5.08. The lowest BCUT2D eigenvalue weighted by Gasteiger charge is -2.39. The second kappa shape index (κ2) is 6.95. The van der Waals surface area contributed by atoms with Gasteiger partial charge in [-0.1, -0.05) is 19.8 Å². The molecular formula is C18H26F2N2. The Bertz CT molecular complexity index is 500. The molecule has 2 atom stereocenters. The molecule has 1 aliphatic heterocycles. The van der Waals surface area contributed by atoms with Crippen LogP contribution in [-0.2, 0) is 0 Å². The fraction of sp³-hybridized carbons (Fsp3) is 0.667. The van der Waals surface area contributed by atoms with E-state index in [0.29, 0.717) is 17.6 Å². The van der Waals surface area contributed by atoms with E-state index in [4.69, 9.17) is 0 Å². The predicted octanol–water partition coefficient (Wildman–Crippen LogP) is 3.96. The number of anilines is 1. The van der Waals surface area contributed by atoms with Gasteiger partial charge in [0, 0.05) is 25.2 Å². The second-order valence-electron chi connectivity index (χ2n) is 7.10. The molecule has 1 saturated carbocycles. The molecule has 1 N–H and O–H groups in total. The quantitative estimate of drug-likeness (QED) is 0.906. The van der Waals surface area contributed by atoms with E-state index in [1.807, 2.05) is 4.90 Å². The van der Waals surface area contributed by atoms with Crippen molar-refractivity contribution in [2.75, 3.05) is 24.5 Å². The number of hydrogen-bond acceptors (Lipinski definition) is 2. The lowest BCUT2D eigenvalue weighted by atomic mass is 9.94. The van der Waals surface area contributed by atoms with E-state index in [1.54, 1.807) is 0 Å². The van der Waals surface area contributed by atoms with Crippen LogP contribution < -0.4 is 10.2 Å². The summed E-state index contributed by atoms with van der Waals surface area (Å²) in [4.78, 5) is 2.00. The topological polar surface area (TPSA) is 15.3 Å². The molecule has 1 aromatic rings. The largest absolute Gasteiger partial charge is 0.367 e. The molecule has 2 fully saturated rings. The van der Waals surface area contributed by atoms with E-state index < -0.39 is 0 Å². The van der Waals surface area contributed by atoms with Crippen LogP contribution in [0.15, 0.2) is 18.2 Å². The Balaban J connectivity index is 1.63. The van der Waals surface area contributed by atoms with Crippen LogP contribution in [0.1, 0.15) is 39.0 Å². The van der Waals surface area contributed by atoms with Crippen molar-refractivity contribution < 1.29 is 8.78 Å². The summed E-state index contributed by atoms with van der Waals surface area (Å²) in [7, 11) is 0. The van der Waals surface area contributed by atoms with Gasteiger partial charge in [0.1, 0.15) is 11.6 Å². The van der Waals surface area contributed by atoms with Gasteiger partial charge in [-0.2, -0.15) is 0 Å². The first-order chi connectivity index (χ1) is 10.6. The Morgan fingerprint density at radius 1 is 1.18 bits per heavy atom. The molecule has 1 saturated heterocycles. The lowest BCUT2D eigenvalue weighted by Crippen LogP contribution is -2.50. The molecule has 1 aromatic carbocycles. The summed E-state index contributed by atoms with van der Waals surface area (Å²) < 4.78 is 27.5. The summed E-state index contributed by atoms with van der Waals surface area (Å²) >= 11 is 0. The molecule has 0 aromatic heterocycles. The summed E-state index contributed by atoms with van der Waals surface area (Å²) in [5.41, 5.74) is 0.402. The van der Waals surface area contributed by atoms with Crippen molar-refractivity contribution in [3.63, 3.8) is 0 Å². The van der Waals surface area contributed by atoms with Crippen molar-refractivity contribution in [2.45, 2.75) is 45.1 Å². The van der Waals surface area contributed by atoms with Gasteiger partial charge in [-0.3, -0.25) is 0 Å². The number of hydrogen-bond donors (Lipinski definition) is 1. The van der Waals surface area contributed by atoms with Crippen molar-refractivity contribution in [1.82, 2.24) is 5.32 Å². The van der Waals surface area contributed by atoms with E-state index in [9.17, 15) is 8.78 Å². The van der Waals surface area contributed by atoms with E-state index >= 15 is 0 Å². The van der Waals surface area contributed by atoms with Crippen molar-refractivity contribution in [1.29, 1.82) is 0 Å². The Labute approximate surface area is 131 Å². The van der Waals surface area contributed by atoms with Crippen LogP contribution in [0.4, 0.5) is 14.5 Å². The van der Waals surface area contributed by atoms with Crippen molar-refractivity contribution in [2.24, 2.45) is 11.8 Å². The van der Waals surface area contributed by atoms with Crippen LogP contribution in [0.5, 0.6) is 0 Å². The number of nitrogens with zero attached hydrogens (tertiary/aromatic N) is 1. The third kappa shape index (κ3) is 3.78. The molecule has 2 aliphatic rings. The van der Waals surface area contributed by atoms with Crippen LogP contribution in [-0.4, -0.2) is 25.7 Å². The number of halogens is 2. The second-order valence-corrected chi connectivity index (χ2v) is 7.10. The zero-order chi connectivity index (χ0) is 15.5. The van der Waals surface area contributed by atoms with E-state index in [0.717, 1.165) is 32.0 Å². The Morgan fingerprint density at radius 2 is 1.95 bits per heavy atom. The molecule has 0 radical (unpaired) electrons. The molecular weight excluding hydrogens is 282 g/mol. The van der Waals surface area contributed by atoms with Gasteiger partial charge in [0.2, 0.25) is 0 Å². The highest BCUT2D eigenvalue weighted by Gasteiger charge is 2.27. The van der Waals surface area contributed by atoms with Gasteiger partial charge in [-0.15, -0.1) is 0 Å². The van der Waals surface area contributed by atoms with E-state index in [2.05, 4.69) is 12.2 Å². The highest BCUT2D eigenvalue weighted by atomic mass is 19.1. The normalized spacial score (nSPS) is 26.6. The molecule has 0 spiro atoms. The molecule has 4 heteroatoms. The highest BCUT2D eigenvalue weighted by Crippen LogP contribution is 2.28. The van der Waals surface area contributed by atoms with Crippen LogP contribution in [0.3, 0.4) is 0 Å². The van der Waals surface area contributed by atoms with Gasteiger partial charge < -0.3 is 10.2 Å². The standard InChI is InChI=1S/C18H26F2N2/c1-13-8-16(21-10-14-4-2-3-5-14)12-22(11-13)18-9-15(19)6-7-17(18)20/h6-7,9,13-14,16,21H,2-5,8,10-12H2,1H3. The minimum atomic E-state index is -0.370. The summed E-state index contributed by atoms with van der Waals surface area (Å²) in [5, 5.41) is 3.67. The molecule has 2 nitrogen and oxygen atoms in total. The molecule has 22 heavy (non-hydrogen) atoms. The van der Waals surface area contributed by atoms with Crippen LogP contribution in [0, 0.1) is 23.5 Å². The Kier molecular flexibility index (Phi) is 4.97. The third-order valence-electron chi connectivity index (χ3n) is 5.08. The van der Waals surface area contributed by atoms with Crippen molar-refractivity contribution >= 4 is 5.69 Å². The summed E-state index contributed by atoms with van der Waals surface area (Å²) in [6.07, 6.45) is 6.48. The van der Waals surface area contributed by atoms with Crippen LogP contribution in [0.2, 0.25) is 0 Å². The number of piperidine rings is 1. The molecule has 122 valence electrons. The average molecular weight is 308 g/mol. The number of nitrogens with one attached hydrogen (secondary N) is 1. The molecule has 0 bridgehead atoms. The van der Waals surface area contributed by atoms with Crippen LogP contribution in [0.25, 0.3) is 0 Å². The SMILES string of the molecule is CC1CC(NCC2CCCC2)CN(c2cc(F)ccc2F)C1. The minimum absolute atomic E-state index is 0.329. The molecule has 1 heterocycles. The van der Waals surface area contributed by atoms with Crippen molar-refractivity contribution in [3.05, 3.63) is 29.8 Å². The predicted molar refractivity (Wildman–Crippen MR) is 86.1 cm³/mol. The molecule has 3 rings (SSSR count). The zero-order valence-corrected chi connectivity index (χ0v) is 13.3. The molecule has 1 aliphatic carbocycles. The summed E-state index contributed by atoms with van der Waals surface area (Å²) in [6, 6.07) is 4.10. The van der Waals surface area contributed by atoms with E-state index in [-0.39, 0.29) is 11.6 Å². The first-order valence-corrected chi connectivity index (χ1v) is 8.55. The fourth-order valence-electron chi connectivity index (χ4n) is 3.97. The fourth-order valence-corrected chi connectivity index (χ4v) is 3.97. The smallest absolute Gasteiger partial charge is 0.146 e. The van der Waals surface area contributed by atoms with Gasteiger partial charge in [0.05, 0.1) is 5.69 Å². The van der Waals surface area contributed by atoms with Gasteiger partial charge >= 0.3 is 0 Å². The maximum absolute atomic E-state index is 14.0. The van der Waals surface area contributed by atoms with E-state index in [1.165, 1.54) is 43.9 Å². The van der Waals surface area contributed by atoms with Gasteiger partial charge in [0.25, 0.3) is 0 Å². The highest BCUT2D eigenvalue weighted by molar-refractivity contribution is 5.48. The van der Waals surface area contributed by atoms with Gasteiger partial charge in [-0.25, -0.2) is 8.78 Å². The monoisotopic (exact) mass is 308 g/mol. The Hall–Kier alpha value is -1.16. The molecule has 2 unspecified atom stereocenters. The van der Waals surface area contributed by atoms with Gasteiger partial charge in [-0.05, 0) is 49.8 Å². The first kappa shape index (κ1) is 15.7. The summed E-state index contributed by atoms with van der Waals surface area (Å²) in [6.45, 7) is 4.81. The Morgan fingerprint density at radius 3 is 2.73 bits per heavy atom. The lowest BCUT2D eigenvalue weighted by molar-refractivity contribution is 0.330. The van der Waals surface area contributed by atoms with Crippen molar-refractivity contribution in [3.8, 4) is 0 Å². The minimum Gasteiger partial charge on any atom is -0.367 e.